The lowest BCUT2D eigenvalue weighted by Gasteiger charge is -2.22. The van der Waals surface area contributed by atoms with Crippen LogP contribution in [0.25, 0.3) is 0 Å². The van der Waals surface area contributed by atoms with Gasteiger partial charge in [0.05, 0.1) is 39.6 Å². The summed E-state index contributed by atoms with van der Waals surface area (Å²) in [5, 5.41) is 5.84. The number of unbranched alkanes of at least 4 members (excludes halogenated alkanes) is 1. The number of carbonyl (C=O) groups is 5. The molecule has 298 valence electrons. The number of allylic oxidation sites excluding steroid dienone is 4. The average molecular weight is 794 g/mol. The standard InChI is InChI=1S/C37H51N3O12S2/c1-37(2,54-53-26-48-18-7-8-19-50-36(45)52-40-32(41)13-14-33(40)42)15-20-49-34(43)38-16-21-46-23-24-47-22-17-39-35(44)51-25-31-29-11-5-3-9-27(29)28-10-4-6-12-30(28)31/h3-6,9-12,27,29,31H,7-8,13-26H2,1-2H3,(H,38,43)(H,39,44). The Labute approximate surface area is 323 Å². The predicted octanol–water partition coefficient (Wildman–Crippen LogP) is 5.62. The second-order valence-corrected chi connectivity index (χ2v) is 16.1. The Morgan fingerprint density at radius 2 is 1.43 bits per heavy atom. The Balaban J connectivity index is 0.886. The zero-order valence-electron chi connectivity index (χ0n) is 30.8. The van der Waals surface area contributed by atoms with Gasteiger partial charge in [-0.3, -0.25) is 14.4 Å². The fourth-order valence-electron chi connectivity index (χ4n) is 5.85. The maximum Gasteiger partial charge on any atom is 0.533 e. The van der Waals surface area contributed by atoms with Crippen LogP contribution in [-0.4, -0.2) is 112 Å². The third-order valence-corrected chi connectivity index (χ3v) is 11.7. The first-order valence-corrected chi connectivity index (χ1v) is 20.5. The van der Waals surface area contributed by atoms with Gasteiger partial charge in [0.25, 0.3) is 11.8 Å². The van der Waals surface area contributed by atoms with Crippen LogP contribution in [0, 0.1) is 5.92 Å². The number of nitrogens with zero attached hydrogens (tertiary/aromatic N) is 1. The number of imide groups is 1. The quantitative estimate of drug-likeness (QED) is 0.0329. The van der Waals surface area contributed by atoms with E-state index in [1.165, 1.54) is 11.1 Å². The first kappa shape index (κ1) is 43.0. The molecule has 3 atom stereocenters. The molecule has 3 unspecified atom stereocenters. The molecule has 54 heavy (non-hydrogen) atoms. The fourth-order valence-corrected chi connectivity index (χ4v) is 8.12. The molecular formula is C37H51N3O12S2. The monoisotopic (exact) mass is 793 g/mol. The molecule has 1 aromatic carbocycles. The van der Waals surface area contributed by atoms with Crippen molar-refractivity contribution in [1.29, 1.82) is 0 Å². The molecule has 2 N–H and O–H groups in total. The molecule has 1 heterocycles. The topological polar surface area (TPSA) is 177 Å². The maximum absolute atomic E-state index is 12.3. The van der Waals surface area contributed by atoms with Crippen LogP contribution in [0.1, 0.15) is 68.9 Å². The van der Waals surface area contributed by atoms with E-state index in [4.69, 9.17) is 28.4 Å². The van der Waals surface area contributed by atoms with E-state index >= 15 is 0 Å². The summed E-state index contributed by atoms with van der Waals surface area (Å²) in [6.07, 6.45) is 8.37. The summed E-state index contributed by atoms with van der Waals surface area (Å²) in [7, 11) is 3.18. The second-order valence-electron chi connectivity index (χ2n) is 13.1. The van der Waals surface area contributed by atoms with Crippen LogP contribution < -0.4 is 10.6 Å². The lowest BCUT2D eigenvalue weighted by atomic mass is 9.84. The van der Waals surface area contributed by atoms with Gasteiger partial charge in [-0.2, -0.15) is 0 Å². The number of carbonyl (C=O) groups excluding carboxylic acids is 5. The second kappa shape index (κ2) is 23.2. The number of hydrogen-bond acceptors (Lipinski definition) is 14. The van der Waals surface area contributed by atoms with Gasteiger partial charge in [0, 0.05) is 49.1 Å². The van der Waals surface area contributed by atoms with Gasteiger partial charge >= 0.3 is 18.3 Å². The Hall–Kier alpha value is -3.77. The van der Waals surface area contributed by atoms with E-state index in [-0.39, 0.29) is 42.6 Å². The van der Waals surface area contributed by atoms with E-state index < -0.39 is 30.2 Å². The SMILES string of the molecule is CC(C)(CCOC(=O)NCCOCCOCCNC(=O)OCC1c2ccccc2C2C=CC=CC21)SSCOCCCCOC(=O)ON1C(=O)CCC1=O. The van der Waals surface area contributed by atoms with Gasteiger partial charge in [0.15, 0.2) is 0 Å². The highest BCUT2D eigenvalue weighted by Crippen LogP contribution is 2.49. The van der Waals surface area contributed by atoms with Crippen LogP contribution in [0.4, 0.5) is 14.4 Å². The van der Waals surface area contributed by atoms with E-state index in [9.17, 15) is 24.0 Å². The summed E-state index contributed by atoms with van der Waals surface area (Å²) in [5.41, 5.74) is 2.54. The van der Waals surface area contributed by atoms with E-state index in [1.54, 1.807) is 21.6 Å². The first-order chi connectivity index (χ1) is 26.1. The van der Waals surface area contributed by atoms with Gasteiger partial charge in [-0.25, -0.2) is 14.4 Å². The van der Waals surface area contributed by atoms with E-state index in [0.29, 0.717) is 88.9 Å². The third-order valence-electron chi connectivity index (χ3n) is 8.62. The number of amides is 4. The Bertz CT molecular complexity index is 1440. The van der Waals surface area contributed by atoms with Gasteiger partial charge < -0.3 is 39.1 Å². The molecule has 3 aliphatic rings. The number of ether oxygens (including phenoxy) is 6. The molecule has 0 saturated carbocycles. The van der Waals surface area contributed by atoms with Gasteiger partial charge in [-0.1, -0.05) is 75.2 Å². The molecule has 1 fully saturated rings. The number of fused-ring (bicyclic) bond motifs is 3. The van der Waals surface area contributed by atoms with Crippen molar-refractivity contribution in [3.05, 3.63) is 59.7 Å². The molecule has 0 aromatic heterocycles. The van der Waals surface area contributed by atoms with Crippen LogP contribution in [0.15, 0.2) is 48.6 Å². The highest BCUT2D eigenvalue weighted by atomic mass is 33.1. The fraction of sp³-hybridized carbons (Fsp3) is 0.595. The van der Waals surface area contributed by atoms with Crippen LogP contribution in [0.3, 0.4) is 0 Å². The molecule has 0 spiro atoms. The van der Waals surface area contributed by atoms with Crippen molar-refractivity contribution in [3.8, 4) is 0 Å². The minimum atomic E-state index is -1.08. The van der Waals surface area contributed by atoms with E-state index in [1.807, 2.05) is 6.07 Å². The normalized spacial score (nSPS) is 18.6. The number of nitrogens with one attached hydrogen (secondary N) is 2. The Morgan fingerprint density at radius 3 is 2.15 bits per heavy atom. The molecule has 4 amide bonds. The van der Waals surface area contributed by atoms with Gasteiger partial charge in [-0.15, -0.1) is 0 Å². The smallest absolute Gasteiger partial charge is 0.450 e. The minimum Gasteiger partial charge on any atom is -0.450 e. The van der Waals surface area contributed by atoms with Crippen molar-refractivity contribution in [1.82, 2.24) is 15.7 Å². The lowest BCUT2D eigenvalue weighted by molar-refractivity contribution is -0.177. The molecule has 1 aromatic rings. The molecule has 15 nitrogen and oxygen atoms in total. The van der Waals surface area contributed by atoms with Crippen molar-refractivity contribution in [2.24, 2.45) is 5.92 Å². The molecule has 2 aliphatic carbocycles. The number of benzene rings is 1. The summed E-state index contributed by atoms with van der Waals surface area (Å²) in [6, 6.07) is 8.35. The largest absolute Gasteiger partial charge is 0.533 e. The average Bonchev–Trinajstić information content (AvgIpc) is 3.65. The lowest BCUT2D eigenvalue weighted by Crippen LogP contribution is -2.32. The maximum atomic E-state index is 12.3. The third kappa shape index (κ3) is 14.8. The molecule has 1 aliphatic heterocycles. The molecule has 17 heteroatoms. The minimum absolute atomic E-state index is 0.0247. The number of alkyl carbamates (subject to hydrolysis) is 2. The van der Waals surface area contributed by atoms with Crippen molar-refractivity contribution in [3.63, 3.8) is 0 Å². The zero-order valence-corrected chi connectivity index (χ0v) is 32.5. The molecular weight excluding hydrogens is 743 g/mol. The van der Waals surface area contributed by atoms with Gasteiger partial charge in [0.1, 0.15) is 12.5 Å². The predicted molar refractivity (Wildman–Crippen MR) is 201 cm³/mol. The number of rotatable bonds is 24. The van der Waals surface area contributed by atoms with Crippen molar-refractivity contribution >= 4 is 51.7 Å². The van der Waals surface area contributed by atoms with Gasteiger partial charge in [-0.05, 0) is 50.2 Å². The Kier molecular flexibility index (Phi) is 18.5. The van der Waals surface area contributed by atoms with Crippen LogP contribution in [0.5, 0.6) is 0 Å². The number of hydroxylamine groups is 2. The summed E-state index contributed by atoms with van der Waals surface area (Å²) in [6.45, 7) is 7.18. The molecule has 0 radical (unpaired) electrons. The summed E-state index contributed by atoms with van der Waals surface area (Å²) < 4.78 is 32.2. The summed E-state index contributed by atoms with van der Waals surface area (Å²) in [4.78, 5) is 63.4. The van der Waals surface area contributed by atoms with Gasteiger partial charge in [0.2, 0.25) is 0 Å². The molecule has 0 bridgehead atoms. The van der Waals surface area contributed by atoms with Crippen LogP contribution >= 0.6 is 21.6 Å². The first-order valence-electron chi connectivity index (χ1n) is 18.1. The van der Waals surface area contributed by atoms with Crippen LogP contribution in [0.2, 0.25) is 0 Å². The van der Waals surface area contributed by atoms with E-state index in [2.05, 4.69) is 71.8 Å². The molecule has 4 rings (SSSR count). The summed E-state index contributed by atoms with van der Waals surface area (Å²) in [5.74, 6) is 0.0849. The summed E-state index contributed by atoms with van der Waals surface area (Å²) >= 11 is 0. The van der Waals surface area contributed by atoms with E-state index in [0.717, 1.165) is 0 Å². The Morgan fingerprint density at radius 1 is 0.778 bits per heavy atom. The number of hydrogen-bond donors (Lipinski definition) is 2. The zero-order chi connectivity index (χ0) is 38.6. The van der Waals surface area contributed by atoms with Crippen molar-refractivity contribution in [2.45, 2.75) is 62.5 Å². The molecule has 1 saturated heterocycles. The van der Waals surface area contributed by atoms with Crippen LogP contribution in [-0.2, 0) is 42.8 Å². The highest BCUT2D eigenvalue weighted by molar-refractivity contribution is 8.77. The van der Waals surface area contributed by atoms with Crippen molar-refractivity contribution < 1.29 is 57.2 Å². The highest BCUT2D eigenvalue weighted by Gasteiger charge is 2.39. The van der Waals surface area contributed by atoms with Crippen molar-refractivity contribution in [2.75, 3.05) is 71.9 Å².